The molecule has 0 spiro atoms. The van der Waals surface area contributed by atoms with Crippen LogP contribution in [0.15, 0.2) is 18.2 Å². The third kappa shape index (κ3) is 1.94. The summed E-state index contributed by atoms with van der Waals surface area (Å²) in [5, 5.41) is 0.572. The van der Waals surface area contributed by atoms with Crippen molar-refractivity contribution in [2.45, 2.75) is 20.3 Å². The first-order chi connectivity index (χ1) is 7.45. The maximum atomic E-state index is 12.2. The summed E-state index contributed by atoms with van der Waals surface area (Å²) in [6.07, 6.45) is 0.946. The average Bonchev–Trinajstić information content (AvgIpc) is 2.86. The molecule has 0 saturated heterocycles. The van der Waals surface area contributed by atoms with Crippen molar-refractivity contribution in [1.29, 1.82) is 0 Å². The summed E-state index contributed by atoms with van der Waals surface area (Å²) in [7, 11) is 1.57. The first-order valence-electron chi connectivity index (χ1n) is 5.33. The molecule has 0 amide bonds. The predicted octanol–water partition coefficient (Wildman–Crippen LogP) is 3.58. The third-order valence-electron chi connectivity index (χ3n) is 3.26. The van der Waals surface area contributed by atoms with Crippen molar-refractivity contribution < 1.29 is 9.53 Å². The maximum absolute atomic E-state index is 12.2. The number of hydrogen-bond acceptors (Lipinski definition) is 2. The van der Waals surface area contributed by atoms with Gasteiger partial charge in [-0.3, -0.25) is 4.79 Å². The second-order valence-electron chi connectivity index (χ2n) is 4.95. The van der Waals surface area contributed by atoms with Crippen LogP contribution in [0.3, 0.4) is 0 Å². The zero-order valence-corrected chi connectivity index (χ0v) is 10.5. The van der Waals surface area contributed by atoms with E-state index in [2.05, 4.69) is 13.8 Å². The van der Waals surface area contributed by atoms with E-state index in [1.165, 1.54) is 0 Å². The Morgan fingerprint density at radius 1 is 1.50 bits per heavy atom. The Morgan fingerprint density at radius 3 is 2.62 bits per heavy atom. The van der Waals surface area contributed by atoms with Gasteiger partial charge < -0.3 is 4.74 Å². The first kappa shape index (κ1) is 11.5. The van der Waals surface area contributed by atoms with Gasteiger partial charge in [0.2, 0.25) is 0 Å². The van der Waals surface area contributed by atoms with Crippen LogP contribution in [-0.4, -0.2) is 12.9 Å². The number of hydrogen-bond donors (Lipinski definition) is 0. The zero-order chi connectivity index (χ0) is 11.9. The Morgan fingerprint density at radius 2 is 2.12 bits per heavy atom. The van der Waals surface area contributed by atoms with E-state index in [9.17, 15) is 4.79 Å². The van der Waals surface area contributed by atoms with E-state index in [0.29, 0.717) is 16.3 Å². The fourth-order valence-electron chi connectivity index (χ4n) is 1.98. The van der Waals surface area contributed by atoms with Gasteiger partial charge in [-0.15, -0.1) is 0 Å². The molecular weight excluding hydrogens is 224 g/mol. The molecule has 86 valence electrons. The quantitative estimate of drug-likeness (QED) is 0.753. The summed E-state index contributed by atoms with van der Waals surface area (Å²) >= 11 is 5.91. The molecule has 16 heavy (non-hydrogen) atoms. The van der Waals surface area contributed by atoms with Gasteiger partial charge >= 0.3 is 0 Å². The van der Waals surface area contributed by atoms with Crippen molar-refractivity contribution in [3.8, 4) is 5.75 Å². The number of halogens is 1. The lowest BCUT2D eigenvalue weighted by atomic mass is 10.0. The highest BCUT2D eigenvalue weighted by molar-refractivity contribution is 6.31. The monoisotopic (exact) mass is 238 g/mol. The molecule has 0 N–H and O–H groups in total. The normalized spacial score (nSPS) is 21.6. The molecule has 1 atom stereocenters. The van der Waals surface area contributed by atoms with Crippen molar-refractivity contribution in [1.82, 2.24) is 0 Å². The van der Waals surface area contributed by atoms with Gasteiger partial charge in [-0.05, 0) is 30.0 Å². The van der Waals surface area contributed by atoms with Crippen LogP contribution in [0.5, 0.6) is 5.75 Å². The van der Waals surface area contributed by atoms with Crippen molar-refractivity contribution in [3.63, 3.8) is 0 Å². The molecule has 0 heterocycles. The van der Waals surface area contributed by atoms with Crippen LogP contribution in [0.1, 0.15) is 30.6 Å². The second-order valence-corrected chi connectivity index (χ2v) is 5.39. The van der Waals surface area contributed by atoms with Crippen LogP contribution in [0.25, 0.3) is 0 Å². The number of Topliss-reactive ketones (excluding diaryl/α,β-unsaturated/α-hetero) is 1. The van der Waals surface area contributed by atoms with E-state index < -0.39 is 0 Å². The third-order valence-corrected chi connectivity index (χ3v) is 3.49. The molecule has 3 heteroatoms. The molecule has 0 bridgehead atoms. The molecule has 1 aromatic carbocycles. The lowest BCUT2D eigenvalue weighted by molar-refractivity contribution is 0.0950. The molecular formula is C13H15ClO2. The molecule has 1 aliphatic rings. The molecule has 0 radical (unpaired) electrons. The van der Waals surface area contributed by atoms with E-state index in [1.807, 2.05) is 0 Å². The highest BCUT2D eigenvalue weighted by Gasteiger charge is 2.50. The molecule has 1 aromatic rings. The minimum atomic E-state index is 0.111. The van der Waals surface area contributed by atoms with E-state index in [4.69, 9.17) is 16.3 Å². The SMILES string of the molecule is COc1ccc(Cl)cc1C(=O)C1CC1(C)C. The van der Waals surface area contributed by atoms with E-state index >= 15 is 0 Å². The van der Waals surface area contributed by atoms with Crippen molar-refractivity contribution in [2.75, 3.05) is 7.11 Å². The van der Waals surface area contributed by atoms with Crippen molar-refractivity contribution >= 4 is 17.4 Å². The van der Waals surface area contributed by atoms with Gasteiger partial charge in [0.05, 0.1) is 12.7 Å². The number of carbonyl (C=O) groups is 1. The highest BCUT2D eigenvalue weighted by atomic mass is 35.5. The number of methoxy groups -OCH3 is 1. The second kappa shape index (κ2) is 3.77. The Hall–Kier alpha value is -1.02. The molecule has 0 aromatic heterocycles. The molecule has 1 unspecified atom stereocenters. The Balaban J connectivity index is 2.33. The van der Waals surface area contributed by atoms with Crippen LogP contribution >= 0.6 is 11.6 Å². The molecule has 2 rings (SSSR count). The summed E-state index contributed by atoms with van der Waals surface area (Å²) < 4.78 is 5.19. The van der Waals surface area contributed by atoms with Gasteiger partial charge in [-0.1, -0.05) is 25.4 Å². The predicted molar refractivity (Wildman–Crippen MR) is 64.2 cm³/mol. The lowest BCUT2D eigenvalue weighted by Gasteiger charge is -2.08. The standard InChI is InChI=1S/C13H15ClO2/c1-13(2)7-10(13)12(15)9-6-8(14)4-5-11(9)16-3/h4-6,10H,7H2,1-3H3. The average molecular weight is 239 g/mol. The zero-order valence-electron chi connectivity index (χ0n) is 9.71. The summed E-state index contributed by atoms with van der Waals surface area (Å²) in [5.41, 5.74) is 0.732. The van der Waals surface area contributed by atoms with Crippen molar-refractivity contribution in [3.05, 3.63) is 28.8 Å². The number of ketones is 1. The minimum Gasteiger partial charge on any atom is -0.496 e. The van der Waals surface area contributed by atoms with Crippen LogP contribution in [0, 0.1) is 11.3 Å². The number of benzene rings is 1. The molecule has 1 fully saturated rings. The van der Waals surface area contributed by atoms with Gasteiger partial charge in [-0.25, -0.2) is 0 Å². The van der Waals surface area contributed by atoms with Gasteiger partial charge in [0.25, 0.3) is 0 Å². The maximum Gasteiger partial charge on any atom is 0.170 e. The molecule has 1 aliphatic carbocycles. The van der Waals surface area contributed by atoms with Crippen molar-refractivity contribution in [2.24, 2.45) is 11.3 Å². The van der Waals surface area contributed by atoms with Gasteiger partial charge in [-0.2, -0.15) is 0 Å². The van der Waals surface area contributed by atoms with E-state index in [0.717, 1.165) is 6.42 Å². The first-order valence-corrected chi connectivity index (χ1v) is 5.71. The lowest BCUT2D eigenvalue weighted by Crippen LogP contribution is -2.08. The van der Waals surface area contributed by atoms with E-state index in [-0.39, 0.29) is 17.1 Å². The van der Waals surface area contributed by atoms with Crippen LogP contribution in [0.4, 0.5) is 0 Å². The van der Waals surface area contributed by atoms with Crippen LogP contribution < -0.4 is 4.74 Å². The highest BCUT2D eigenvalue weighted by Crippen LogP contribution is 2.53. The van der Waals surface area contributed by atoms with Gasteiger partial charge in [0, 0.05) is 10.9 Å². The minimum absolute atomic E-state index is 0.111. The van der Waals surface area contributed by atoms with Crippen LogP contribution in [-0.2, 0) is 0 Å². The fourth-order valence-corrected chi connectivity index (χ4v) is 2.15. The molecule has 0 aliphatic heterocycles. The number of carbonyl (C=O) groups excluding carboxylic acids is 1. The summed E-state index contributed by atoms with van der Waals surface area (Å²) in [4.78, 5) is 12.2. The fraction of sp³-hybridized carbons (Fsp3) is 0.462. The Kier molecular flexibility index (Phi) is 2.70. The summed E-state index contributed by atoms with van der Waals surface area (Å²) in [6, 6.07) is 5.16. The van der Waals surface area contributed by atoms with E-state index in [1.54, 1.807) is 25.3 Å². The molecule has 2 nitrogen and oxygen atoms in total. The number of ether oxygens (including phenoxy) is 1. The topological polar surface area (TPSA) is 26.3 Å². The Bertz CT molecular complexity index is 438. The van der Waals surface area contributed by atoms with Gasteiger partial charge in [0.1, 0.15) is 5.75 Å². The van der Waals surface area contributed by atoms with Gasteiger partial charge in [0.15, 0.2) is 5.78 Å². The Labute approximate surface area is 101 Å². The smallest absolute Gasteiger partial charge is 0.170 e. The largest absolute Gasteiger partial charge is 0.496 e. The molecule has 1 saturated carbocycles. The van der Waals surface area contributed by atoms with Crippen LogP contribution in [0.2, 0.25) is 5.02 Å². The number of rotatable bonds is 3. The summed E-state index contributed by atoms with van der Waals surface area (Å²) in [5.74, 6) is 0.862. The summed E-state index contributed by atoms with van der Waals surface area (Å²) in [6.45, 7) is 4.21.